The Kier molecular flexibility index (Phi) is 10.6. The smallest absolute Gasteiger partial charge is 0.138 e. The van der Waals surface area contributed by atoms with Gasteiger partial charge in [0.2, 0.25) is 0 Å². The van der Waals surface area contributed by atoms with Crippen LogP contribution in [0.15, 0.2) is 122 Å². The summed E-state index contributed by atoms with van der Waals surface area (Å²) in [5.41, 5.74) is 18.3. The maximum absolute atomic E-state index is 5.95. The number of nitrogens with two attached hydrogens (primary N) is 1. The van der Waals surface area contributed by atoms with Crippen LogP contribution >= 0.6 is 22.6 Å². The molecule has 6 heterocycles. The molecule has 52 heavy (non-hydrogen) atoms. The van der Waals surface area contributed by atoms with Gasteiger partial charge in [-0.05, 0) is 105 Å². The Bertz CT molecular complexity index is 2290. The molecule has 2 N–H and O–H groups in total. The van der Waals surface area contributed by atoms with Gasteiger partial charge in [0, 0.05) is 62.9 Å². The summed E-state index contributed by atoms with van der Waals surface area (Å²) in [6.07, 6.45) is 7.98. The monoisotopic (exact) mass is 803 g/mol. The summed E-state index contributed by atoms with van der Waals surface area (Å²) < 4.78 is 16.2. The average Bonchev–Trinajstić information content (AvgIpc) is 3.79. The standard InChI is InChI=1S/C24H24N4O.C18H18IN3O/c25-22-6-2-5-21(14-22)23-16-26-24-15-20(7-8-28(23)24)19-4-1-3-18(13-19)17-27-9-11-29-12-10-27;19-17-12-20-18-11-16(4-5-22(17)18)15-3-1-2-14(10-15)13-21-6-8-23-9-7-21/h1-8,13-16H,9-12,17,25H2;1-5,10-12H,6-9,13H2. The van der Waals surface area contributed by atoms with E-state index in [4.69, 9.17) is 15.2 Å². The topological polar surface area (TPSA) is 85.6 Å². The summed E-state index contributed by atoms with van der Waals surface area (Å²) >= 11 is 2.30. The lowest BCUT2D eigenvalue weighted by Crippen LogP contribution is -2.35. The number of morpholine rings is 2. The fraction of sp³-hybridized carbons (Fsp3) is 0.238. The number of rotatable bonds is 7. The zero-order valence-corrected chi connectivity index (χ0v) is 31.2. The number of halogens is 1. The van der Waals surface area contributed by atoms with Crippen molar-refractivity contribution in [3.05, 3.63) is 137 Å². The molecule has 0 saturated carbocycles. The highest BCUT2D eigenvalue weighted by atomic mass is 127. The predicted molar refractivity (Wildman–Crippen MR) is 216 cm³/mol. The number of pyridine rings is 2. The van der Waals surface area contributed by atoms with Gasteiger partial charge in [0.15, 0.2) is 0 Å². The number of ether oxygens (including phenoxy) is 2. The van der Waals surface area contributed by atoms with E-state index in [1.807, 2.05) is 30.6 Å². The molecule has 2 fully saturated rings. The van der Waals surface area contributed by atoms with Gasteiger partial charge in [0.05, 0.1) is 44.5 Å². The Morgan fingerprint density at radius 3 is 1.65 bits per heavy atom. The fourth-order valence-corrected chi connectivity index (χ4v) is 7.48. The quantitative estimate of drug-likeness (QED) is 0.132. The maximum atomic E-state index is 5.95. The van der Waals surface area contributed by atoms with E-state index in [1.165, 1.54) is 33.4 Å². The van der Waals surface area contributed by atoms with Gasteiger partial charge in [-0.1, -0.05) is 48.5 Å². The molecule has 2 aliphatic rings. The van der Waals surface area contributed by atoms with E-state index in [2.05, 4.69) is 142 Å². The molecule has 0 amide bonds. The van der Waals surface area contributed by atoms with Crippen molar-refractivity contribution in [3.63, 3.8) is 0 Å². The van der Waals surface area contributed by atoms with Crippen LogP contribution in [0.1, 0.15) is 11.1 Å². The normalized spacial score (nSPS) is 15.5. The first-order valence-electron chi connectivity index (χ1n) is 17.8. The summed E-state index contributed by atoms with van der Waals surface area (Å²) in [4.78, 5) is 14.0. The summed E-state index contributed by atoms with van der Waals surface area (Å²) in [6, 6.07) is 34.1. The minimum Gasteiger partial charge on any atom is -0.399 e. The van der Waals surface area contributed by atoms with Crippen molar-refractivity contribution in [2.45, 2.75) is 13.1 Å². The van der Waals surface area contributed by atoms with E-state index >= 15 is 0 Å². The van der Waals surface area contributed by atoms with Crippen LogP contribution in [0.5, 0.6) is 0 Å². The highest BCUT2D eigenvalue weighted by Gasteiger charge is 2.13. The van der Waals surface area contributed by atoms with E-state index in [1.54, 1.807) is 0 Å². The first kappa shape index (κ1) is 34.5. The summed E-state index contributed by atoms with van der Waals surface area (Å²) in [7, 11) is 0. The van der Waals surface area contributed by atoms with Gasteiger partial charge in [-0.3, -0.25) is 18.6 Å². The van der Waals surface area contributed by atoms with Crippen LogP contribution < -0.4 is 5.73 Å². The minimum atomic E-state index is 0.756. The molecule has 2 saturated heterocycles. The molecule has 0 bridgehead atoms. The number of imidazole rings is 2. The van der Waals surface area contributed by atoms with Gasteiger partial charge in [-0.15, -0.1) is 0 Å². The zero-order chi connectivity index (χ0) is 35.3. The lowest BCUT2D eigenvalue weighted by molar-refractivity contribution is 0.0341. The van der Waals surface area contributed by atoms with Crippen molar-refractivity contribution in [2.24, 2.45) is 0 Å². The van der Waals surface area contributed by atoms with Gasteiger partial charge in [-0.25, -0.2) is 9.97 Å². The molecular formula is C42H42IN7O2. The lowest BCUT2D eigenvalue weighted by Gasteiger charge is -2.26. The van der Waals surface area contributed by atoms with Crippen molar-refractivity contribution in [1.82, 2.24) is 28.6 Å². The van der Waals surface area contributed by atoms with Gasteiger partial charge in [0.25, 0.3) is 0 Å². The second-order valence-corrected chi connectivity index (χ2v) is 14.4. The highest BCUT2D eigenvalue weighted by molar-refractivity contribution is 14.1. The SMILES string of the molecule is Ic1cnc2cc(-c3cccc(CN4CCOCC4)c3)ccn12.Nc1cccc(-c2cnc3cc(-c4cccc(CN5CCOCC5)c4)ccn23)c1. The zero-order valence-electron chi connectivity index (χ0n) is 29.1. The van der Waals surface area contributed by atoms with Crippen LogP contribution in [0.2, 0.25) is 0 Å². The third kappa shape index (κ3) is 8.06. The first-order valence-corrected chi connectivity index (χ1v) is 18.9. The molecule has 0 aliphatic carbocycles. The van der Waals surface area contributed by atoms with E-state index in [0.717, 1.165) is 97.6 Å². The number of benzene rings is 3. The van der Waals surface area contributed by atoms with Crippen LogP contribution in [-0.4, -0.2) is 81.2 Å². The van der Waals surface area contributed by atoms with Crippen LogP contribution in [0.4, 0.5) is 5.69 Å². The Morgan fingerprint density at radius 1 is 0.558 bits per heavy atom. The number of nitrogen functional groups attached to an aromatic ring is 1. The number of anilines is 1. The van der Waals surface area contributed by atoms with E-state index in [0.29, 0.717) is 0 Å². The molecular weight excluding hydrogens is 761 g/mol. The summed E-state index contributed by atoms with van der Waals surface area (Å²) in [5, 5.41) is 0. The molecule has 3 aromatic carbocycles. The molecule has 0 radical (unpaired) electrons. The van der Waals surface area contributed by atoms with E-state index in [9.17, 15) is 0 Å². The largest absolute Gasteiger partial charge is 0.399 e. The van der Waals surface area contributed by atoms with E-state index in [-0.39, 0.29) is 0 Å². The Morgan fingerprint density at radius 2 is 1.06 bits per heavy atom. The third-order valence-electron chi connectivity index (χ3n) is 9.70. The van der Waals surface area contributed by atoms with Gasteiger partial charge >= 0.3 is 0 Å². The molecule has 0 spiro atoms. The molecule has 2 aliphatic heterocycles. The van der Waals surface area contributed by atoms with Crippen molar-refractivity contribution in [1.29, 1.82) is 0 Å². The Balaban J connectivity index is 0.000000153. The Labute approximate surface area is 317 Å². The predicted octanol–water partition coefficient (Wildman–Crippen LogP) is 7.52. The summed E-state index contributed by atoms with van der Waals surface area (Å²) in [5.74, 6) is 0. The highest BCUT2D eigenvalue weighted by Crippen LogP contribution is 2.27. The Hall–Kier alpha value is -4.59. The number of aromatic nitrogens is 4. The summed E-state index contributed by atoms with van der Waals surface area (Å²) in [6.45, 7) is 9.31. The molecule has 0 atom stereocenters. The second-order valence-electron chi connectivity index (χ2n) is 13.3. The van der Waals surface area contributed by atoms with Crippen LogP contribution in [0, 0.1) is 3.70 Å². The average molecular weight is 804 g/mol. The number of fused-ring (bicyclic) bond motifs is 2. The van der Waals surface area contributed by atoms with Crippen LogP contribution in [-0.2, 0) is 22.6 Å². The van der Waals surface area contributed by atoms with Crippen molar-refractivity contribution >= 4 is 39.6 Å². The maximum Gasteiger partial charge on any atom is 0.138 e. The molecule has 7 aromatic rings. The molecule has 0 unspecified atom stereocenters. The lowest BCUT2D eigenvalue weighted by atomic mass is 10.0. The van der Waals surface area contributed by atoms with Crippen LogP contribution in [0.25, 0.3) is 44.8 Å². The second kappa shape index (κ2) is 16.0. The van der Waals surface area contributed by atoms with Gasteiger partial charge < -0.3 is 15.2 Å². The van der Waals surface area contributed by atoms with Crippen molar-refractivity contribution < 1.29 is 9.47 Å². The number of hydrogen-bond acceptors (Lipinski definition) is 7. The fourth-order valence-electron chi connectivity index (χ4n) is 6.93. The van der Waals surface area contributed by atoms with Crippen molar-refractivity contribution in [3.8, 4) is 33.5 Å². The first-order chi connectivity index (χ1) is 25.6. The number of hydrogen-bond donors (Lipinski definition) is 1. The molecule has 9 rings (SSSR count). The molecule has 264 valence electrons. The van der Waals surface area contributed by atoms with Crippen molar-refractivity contribution in [2.75, 3.05) is 58.3 Å². The van der Waals surface area contributed by atoms with Crippen LogP contribution in [0.3, 0.4) is 0 Å². The van der Waals surface area contributed by atoms with E-state index < -0.39 is 0 Å². The minimum absolute atomic E-state index is 0.756. The molecule has 10 heteroatoms. The third-order valence-corrected chi connectivity index (χ3v) is 10.5. The molecule has 9 nitrogen and oxygen atoms in total. The molecule has 4 aromatic heterocycles. The van der Waals surface area contributed by atoms with Gasteiger partial charge in [-0.2, -0.15) is 0 Å². The number of nitrogens with zero attached hydrogens (tertiary/aromatic N) is 6. The van der Waals surface area contributed by atoms with Gasteiger partial charge in [0.1, 0.15) is 15.0 Å².